The largest absolute Gasteiger partial charge is 0.454 e. The molecule has 1 fully saturated rings. The van der Waals surface area contributed by atoms with E-state index in [4.69, 9.17) is 26.8 Å². The standard InChI is InChI=1S/C15H19ClN2O3/c16-10-6-13-14(21-8-20-13)7-12(10)18-15(19)9-4-2-1-3-5-11(9)17/h6-7,9,11H,1-5,8,17H2,(H,18,19). The predicted molar refractivity (Wildman–Crippen MR) is 80.8 cm³/mol. The summed E-state index contributed by atoms with van der Waals surface area (Å²) in [5.74, 6) is 0.975. The maximum atomic E-state index is 12.5. The number of rotatable bonds is 2. The molecule has 1 amide bonds. The second kappa shape index (κ2) is 6.12. The van der Waals surface area contributed by atoms with E-state index in [9.17, 15) is 4.79 Å². The first kappa shape index (κ1) is 14.5. The average molecular weight is 311 g/mol. The van der Waals surface area contributed by atoms with E-state index in [-0.39, 0.29) is 24.7 Å². The number of hydrogen-bond donors (Lipinski definition) is 2. The van der Waals surface area contributed by atoms with Crippen molar-refractivity contribution in [3.63, 3.8) is 0 Å². The lowest BCUT2D eigenvalue weighted by Gasteiger charge is -2.21. The first-order valence-corrected chi connectivity index (χ1v) is 7.68. The number of nitrogens with two attached hydrogens (primary N) is 1. The van der Waals surface area contributed by atoms with Gasteiger partial charge in [-0.1, -0.05) is 30.9 Å². The number of nitrogens with one attached hydrogen (secondary N) is 1. The van der Waals surface area contributed by atoms with Gasteiger partial charge in [0.25, 0.3) is 0 Å². The van der Waals surface area contributed by atoms with Crippen LogP contribution in [0.1, 0.15) is 32.1 Å². The van der Waals surface area contributed by atoms with Gasteiger partial charge >= 0.3 is 0 Å². The van der Waals surface area contributed by atoms with E-state index in [0.29, 0.717) is 22.2 Å². The van der Waals surface area contributed by atoms with Crippen LogP contribution in [0.25, 0.3) is 0 Å². The van der Waals surface area contributed by atoms with E-state index >= 15 is 0 Å². The van der Waals surface area contributed by atoms with Gasteiger partial charge in [-0.25, -0.2) is 0 Å². The molecule has 1 aromatic carbocycles. The second-order valence-electron chi connectivity index (χ2n) is 5.58. The van der Waals surface area contributed by atoms with Crippen LogP contribution in [0.2, 0.25) is 5.02 Å². The fraction of sp³-hybridized carbons (Fsp3) is 0.533. The Bertz CT molecular complexity index is 550. The highest BCUT2D eigenvalue weighted by Gasteiger charge is 2.28. The molecule has 3 rings (SSSR count). The predicted octanol–water partition coefficient (Wildman–Crippen LogP) is 2.91. The third-order valence-corrected chi connectivity index (χ3v) is 4.44. The highest BCUT2D eigenvalue weighted by molar-refractivity contribution is 6.34. The quantitative estimate of drug-likeness (QED) is 0.824. The first-order chi connectivity index (χ1) is 10.1. The topological polar surface area (TPSA) is 73.6 Å². The van der Waals surface area contributed by atoms with Gasteiger partial charge in [0, 0.05) is 18.2 Å². The van der Waals surface area contributed by atoms with Crippen LogP contribution in [0.15, 0.2) is 12.1 Å². The summed E-state index contributed by atoms with van der Waals surface area (Å²) in [6.45, 7) is 0.177. The van der Waals surface area contributed by atoms with Gasteiger partial charge in [-0.15, -0.1) is 0 Å². The molecule has 0 radical (unpaired) electrons. The number of carbonyl (C=O) groups excluding carboxylic acids is 1. The monoisotopic (exact) mass is 310 g/mol. The number of anilines is 1. The zero-order valence-corrected chi connectivity index (χ0v) is 12.5. The van der Waals surface area contributed by atoms with Crippen LogP contribution in [-0.4, -0.2) is 18.7 Å². The number of benzene rings is 1. The Morgan fingerprint density at radius 2 is 1.90 bits per heavy atom. The van der Waals surface area contributed by atoms with Gasteiger partial charge in [-0.2, -0.15) is 0 Å². The summed E-state index contributed by atoms with van der Waals surface area (Å²) in [5, 5.41) is 3.32. The van der Waals surface area contributed by atoms with Gasteiger partial charge in [0.05, 0.1) is 16.6 Å². The van der Waals surface area contributed by atoms with E-state index in [1.165, 1.54) is 0 Å². The molecule has 0 aromatic heterocycles. The van der Waals surface area contributed by atoms with Crippen LogP contribution < -0.4 is 20.5 Å². The summed E-state index contributed by atoms with van der Waals surface area (Å²) >= 11 is 6.18. The molecule has 0 bridgehead atoms. The van der Waals surface area contributed by atoms with Gasteiger partial charge in [0.2, 0.25) is 12.7 Å². The lowest BCUT2D eigenvalue weighted by Crippen LogP contribution is -2.37. The maximum Gasteiger partial charge on any atom is 0.231 e. The van der Waals surface area contributed by atoms with Crippen LogP contribution >= 0.6 is 11.6 Å². The Labute approximate surface area is 128 Å². The van der Waals surface area contributed by atoms with Crippen LogP contribution in [0.4, 0.5) is 5.69 Å². The average Bonchev–Trinajstić information content (AvgIpc) is 2.78. The lowest BCUT2D eigenvalue weighted by atomic mass is 9.94. The highest BCUT2D eigenvalue weighted by Crippen LogP contribution is 2.39. The minimum absolute atomic E-state index is 0.0647. The molecular formula is C15H19ClN2O3. The molecule has 1 aliphatic carbocycles. The van der Waals surface area contributed by atoms with E-state index in [0.717, 1.165) is 32.1 Å². The number of fused-ring (bicyclic) bond motifs is 1. The summed E-state index contributed by atoms with van der Waals surface area (Å²) in [7, 11) is 0. The third kappa shape index (κ3) is 3.09. The maximum absolute atomic E-state index is 12.5. The molecule has 1 aromatic rings. The van der Waals surface area contributed by atoms with E-state index in [1.807, 2.05) is 0 Å². The minimum Gasteiger partial charge on any atom is -0.454 e. The van der Waals surface area contributed by atoms with Crippen molar-refractivity contribution < 1.29 is 14.3 Å². The molecule has 6 heteroatoms. The molecule has 3 N–H and O–H groups in total. The summed E-state index contributed by atoms with van der Waals surface area (Å²) in [4.78, 5) is 12.5. The molecule has 0 spiro atoms. The van der Waals surface area contributed by atoms with E-state index in [1.54, 1.807) is 12.1 Å². The van der Waals surface area contributed by atoms with Gasteiger partial charge in [0.1, 0.15) is 0 Å². The van der Waals surface area contributed by atoms with Crippen molar-refractivity contribution in [1.29, 1.82) is 0 Å². The van der Waals surface area contributed by atoms with Gasteiger partial charge < -0.3 is 20.5 Å². The molecule has 0 saturated heterocycles. The van der Waals surface area contributed by atoms with Crippen molar-refractivity contribution in [2.45, 2.75) is 38.1 Å². The SMILES string of the molecule is NC1CCCCCC1C(=O)Nc1cc2c(cc1Cl)OCO2. The lowest BCUT2D eigenvalue weighted by molar-refractivity contribution is -0.120. The summed E-state index contributed by atoms with van der Waals surface area (Å²) in [6.07, 6.45) is 5.00. The smallest absolute Gasteiger partial charge is 0.231 e. The highest BCUT2D eigenvalue weighted by atomic mass is 35.5. The zero-order valence-electron chi connectivity index (χ0n) is 11.7. The summed E-state index contributed by atoms with van der Waals surface area (Å²) in [6, 6.07) is 3.28. The van der Waals surface area contributed by atoms with Crippen LogP contribution in [0, 0.1) is 5.92 Å². The number of halogens is 1. The van der Waals surface area contributed by atoms with Crippen LogP contribution in [0.5, 0.6) is 11.5 Å². The number of ether oxygens (including phenoxy) is 2. The van der Waals surface area contributed by atoms with Gasteiger partial charge in [-0.05, 0) is 12.8 Å². The third-order valence-electron chi connectivity index (χ3n) is 4.13. The van der Waals surface area contributed by atoms with Gasteiger partial charge in [0.15, 0.2) is 11.5 Å². The molecule has 2 atom stereocenters. The Hall–Kier alpha value is -1.46. The molecule has 1 saturated carbocycles. The number of hydrogen-bond acceptors (Lipinski definition) is 4. The van der Waals surface area contributed by atoms with Crippen molar-refractivity contribution in [1.82, 2.24) is 0 Å². The normalized spacial score (nSPS) is 24.5. The Balaban J connectivity index is 1.75. The van der Waals surface area contributed by atoms with Crippen molar-refractivity contribution in [2.24, 2.45) is 11.7 Å². The zero-order chi connectivity index (χ0) is 14.8. The molecular weight excluding hydrogens is 292 g/mol. The summed E-state index contributed by atoms with van der Waals surface area (Å²) < 4.78 is 10.6. The Morgan fingerprint density at radius 3 is 2.71 bits per heavy atom. The van der Waals surface area contributed by atoms with Crippen LogP contribution in [-0.2, 0) is 4.79 Å². The minimum atomic E-state index is -0.158. The number of amides is 1. The van der Waals surface area contributed by atoms with Crippen molar-refractivity contribution in [2.75, 3.05) is 12.1 Å². The van der Waals surface area contributed by atoms with Gasteiger partial charge in [-0.3, -0.25) is 4.79 Å². The number of carbonyl (C=O) groups is 1. The Morgan fingerprint density at radius 1 is 1.19 bits per heavy atom. The van der Waals surface area contributed by atoms with Crippen molar-refractivity contribution >= 4 is 23.2 Å². The fourth-order valence-electron chi connectivity index (χ4n) is 2.90. The van der Waals surface area contributed by atoms with Crippen molar-refractivity contribution in [3.05, 3.63) is 17.2 Å². The molecule has 2 unspecified atom stereocenters. The van der Waals surface area contributed by atoms with E-state index < -0.39 is 0 Å². The molecule has 2 aliphatic rings. The summed E-state index contributed by atoms with van der Waals surface area (Å²) in [5.41, 5.74) is 6.67. The first-order valence-electron chi connectivity index (χ1n) is 7.31. The van der Waals surface area contributed by atoms with Crippen molar-refractivity contribution in [3.8, 4) is 11.5 Å². The second-order valence-corrected chi connectivity index (χ2v) is 5.99. The van der Waals surface area contributed by atoms with E-state index in [2.05, 4.69) is 5.32 Å². The Kier molecular flexibility index (Phi) is 4.22. The fourth-order valence-corrected chi connectivity index (χ4v) is 3.10. The molecule has 1 heterocycles. The molecule has 5 nitrogen and oxygen atoms in total. The molecule has 1 aliphatic heterocycles. The van der Waals surface area contributed by atoms with Crippen LogP contribution in [0.3, 0.4) is 0 Å². The molecule has 114 valence electrons. The molecule has 21 heavy (non-hydrogen) atoms.